The summed E-state index contributed by atoms with van der Waals surface area (Å²) < 4.78 is 53.0. The molecule has 2 rings (SSSR count). The van der Waals surface area contributed by atoms with Crippen molar-refractivity contribution in [2.75, 3.05) is 0 Å². The number of halogens is 4. The van der Waals surface area contributed by atoms with Crippen LogP contribution in [0.3, 0.4) is 0 Å². The van der Waals surface area contributed by atoms with Gasteiger partial charge in [-0.3, -0.25) is 4.99 Å². The predicted octanol–water partition coefficient (Wildman–Crippen LogP) is 3.63. The molecule has 0 radical (unpaired) electrons. The molecule has 0 aromatic heterocycles. The quantitative estimate of drug-likeness (QED) is 0.367. The van der Waals surface area contributed by atoms with Crippen molar-refractivity contribution < 1.29 is 17.6 Å². The predicted molar refractivity (Wildman–Crippen MR) is 52.1 cm³/mol. The molecule has 0 aliphatic carbocycles. The van der Waals surface area contributed by atoms with Crippen molar-refractivity contribution in [2.45, 2.75) is 26.2 Å². The summed E-state index contributed by atoms with van der Waals surface area (Å²) in [6.45, 7) is 4.73. The lowest BCUT2D eigenvalue weighted by Crippen LogP contribution is -2.24. The van der Waals surface area contributed by atoms with Gasteiger partial charge in [0.05, 0.1) is 0 Å². The smallest absolute Gasteiger partial charge is 0.199 e. The summed E-state index contributed by atoms with van der Waals surface area (Å²) in [5.41, 5.74) is -1.15. The van der Waals surface area contributed by atoms with Crippen LogP contribution < -0.4 is 0 Å². The van der Waals surface area contributed by atoms with Gasteiger partial charge in [0, 0.05) is 16.7 Å². The van der Waals surface area contributed by atoms with E-state index in [4.69, 9.17) is 0 Å². The van der Waals surface area contributed by atoms with E-state index >= 15 is 0 Å². The number of fused-ring (bicyclic) bond motifs is 1. The van der Waals surface area contributed by atoms with Gasteiger partial charge in [-0.1, -0.05) is 13.8 Å². The molecule has 5 heteroatoms. The van der Waals surface area contributed by atoms with Gasteiger partial charge in [-0.2, -0.15) is 0 Å². The van der Waals surface area contributed by atoms with Gasteiger partial charge in [0.25, 0.3) is 0 Å². The van der Waals surface area contributed by atoms with Crippen molar-refractivity contribution in [3.05, 3.63) is 28.8 Å². The fraction of sp³-hybridized carbons (Fsp3) is 0.364. The van der Waals surface area contributed by atoms with E-state index in [0.717, 1.165) is 0 Å². The summed E-state index contributed by atoms with van der Waals surface area (Å²) in [5, 5.41) is 0. The highest BCUT2D eigenvalue weighted by atomic mass is 19.2. The van der Waals surface area contributed by atoms with Gasteiger partial charge in [0.2, 0.25) is 0 Å². The van der Waals surface area contributed by atoms with Crippen molar-refractivity contribution in [3.8, 4) is 0 Å². The van der Waals surface area contributed by atoms with Crippen LogP contribution in [0.2, 0.25) is 0 Å². The van der Waals surface area contributed by atoms with Gasteiger partial charge in [-0.25, -0.2) is 17.6 Å². The third kappa shape index (κ3) is 1.14. The summed E-state index contributed by atoms with van der Waals surface area (Å²) in [4.78, 5) is 3.76. The van der Waals surface area contributed by atoms with E-state index in [-0.39, 0.29) is 5.56 Å². The lowest BCUT2D eigenvalue weighted by Gasteiger charge is -2.20. The Balaban J connectivity index is 2.89. The molecule has 1 nitrogen and oxygen atoms in total. The molecule has 0 atom stereocenters. The SMILES string of the molecule is CC1=Nc2c(F)c(F)c(F)c(F)c2C1(C)C. The standard InChI is InChI=1S/C11H9F4N/c1-4-11(2,3)5-6(12)7(13)8(14)9(15)10(5)16-4/h1-3H3. The molecule has 1 aliphatic rings. The molecule has 16 heavy (non-hydrogen) atoms. The Kier molecular flexibility index (Phi) is 2.12. The third-order valence-electron chi connectivity index (χ3n) is 3.05. The van der Waals surface area contributed by atoms with Gasteiger partial charge in [-0.15, -0.1) is 0 Å². The second-order valence-electron chi connectivity index (χ2n) is 4.30. The van der Waals surface area contributed by atoms with E-state index in [1.807, 2.05) is 0 Å². The summed E-state index contributed by atoms with van der Waals surface area (Å²) in [5.74, 6) is -6.39. The highest BCUT2D eigenvalue weighted by Crippen LogP contribution is 2.44. The topological polar surface area (TPSA) is 12.4 Å². The fourth-order valence-corrected chi connectivity index (χ4v) is 1.78. The average molecular weight is 231 g/mol. The van der Waals surface area contributed by atoms with Crippen LogP contribution in [0.1, 0.15) is 26.3 Å². The van der Waals surface area contributed by atoms with Gasteiger partial charge >= 0.3 is 0 Å². The summed E-state index contributed by atoms with van der Waals surface area (Å²) in [6.07, 6.45) is 0. The molecule has 1 aromatic rings. The van der Waals surface area contributed by atoms with Crippen LogP contribution in [-0.2, 0) is 5.41 Å². The van der Waals surface area contributed by atoms with E-state index in [0.29, 0.717) is 5.71 Å². The van der Waals surface area contributed by atoms with Gasteiger partial charge in [0.1, 0.15) is 5.69 Å². The average Bonchev–Trinajstić information content (AvgIpc) is 2.45. The Labute approximate surface area is 89.8 Å². The van der Waals surface area contributed by atoms with Crippen molar-refractivity contribution in [2.24, 2.45) is 4.99 Å². The number of hydrogen-bond donors (Lipinski definition) is 0. The summed E-state index contributed by atoms with van der Waals surface area (Å²) in [6, 6.07) is 0. The largest absolute Gasteiger partial charge is 0.254 e. The second-order valence-corrected chi connectivity index (χ2v) is 4.30. The Morgan fingerprint density at radius 1 is 0.875 bits per heavy atom. The number of hydrogen-bond acceptors (Lipinski definition) is 1. The minimum atomic E-state index is -1.81. The third-order valence-corrected chi connectivity index (χ3v) is 3.05. The number of nitrogens with zero attached hydrogens (tertiary/aromatic N) is 1. The molecule has 0 N–H and O–H groups in total. The highest BCUT2D eigenvalue weighted by molar-refractivity contribution is 5.99. The molecule has 1 aliphatic heterocycles. The first-order chi connectivity index (χ1) is 7.28. The number of aliphatic imine (C=N–C) groups is 1. The number of benzene rings is 1. The first-order valence-corrected chi connectivity index (χ1v) is 4.70. The zero-order chi connectivity index (χ0) is 12.2. The van der Waals surface area contributed by atoms with Gasteiger partial charge in [-0.05, 0) is 6.92 Å². The number of rotatable bonds is 0. The van der Waals surface area contributed by atoms with Crippen molar-refractivity contribution in [1.82, 2.24) is 0 Å². The monoisotopic (exact) mass is 231 g/mol. The lowest BCUT2D eigenvalue weighted by atomic mass is 9.81. The molecule has 86 valence electrons. The molecule has 0 unspecified atom stereocenters. The minimum Gasteiger partial charge on any atom is -0.254 e. The summed E-state index contributed by atoms with van der Waals surface area (Å²) in [7, 11) is 0. The molecule has 0 saturated carbocycles. The molecule has 0 bridgehead atoms. The van der Waals surface area contributed by atoms with E-state index in [1.165, 1.54) is 0 Å². The van der Waals surface area contributed by atoms with Crippen LogP contribution in [0.25, 0.3) is 0 Å². The molecule has 0 fully saturated rings. The van der Waals surface area contributed by atoms with Gasteiger partial charge in [0.15, 0.2) is 23.3 Å². The Bertz CT molecular complexity index is 517. The maximum atomic E-state index is 13.6. The summed E-state index contributed by atoms with van der Waals surface area (Å²) >= 11 is 0. The van der Waals surface area contributed by atoms with E-state index in [2.05, 4.69) is 4.99 Å². The molecule has 0 spiro atoms. The molecule has 0 saturated heterocycles. The van der Waals surface area contributed by atoms with Gasteiger partial charge < -0.3 is 0 Å². The molecular weight excluding hydrogens is 222 g/mol. The first-order valence-electron chi connectivity index (χ1n) is 4.70. The van der Waals surface area contributed by atoms with Crippen LogP contribution in [0.4, 0.5) is 23.2 Å². The first kappa shape index (κ1) is 11.1. The van der Waals surface area contributed by atoms with E-state index in [9.17, 15) is 17.6 Å². The zero-order valence-electron chi connectivity index (χ0n) is 8.96. The van der Waals surface area contributed by atoms with Crippen LogP contribution in [0.15, 0.2) is 4.99 Å². The van der Waals surface area contributed by atoms with Crippen molar-refractivity contribution in [1.29, 1.82) is 0 Å². The molecule has 1 heterocycles. The Hall–Kier alpha value is -1.39. The molecule has 0 amide bonds. The van der Waals surface area contributed by atoms with Crippen LogP contribution in [0.5, 0.6) is 0 Å². The highest BCUT2D eigenvalue weighted by Gasteiger charge is 2.40. The maximum Gasteiger partial charge on any atom is 0.199 e. The van der Waals surface area contributed by atoms with E-state index < -0.39 is 34.4 Å². The minimum absolute atomic E-state index is 0.221. The Morgan fingerprint density at radius 3 is 1.94 bits per heavy atom. The maximum absolute atomic E-state index is 13.6. The van der Waals surface area contributed by atoms with E-state index in [1.54, 1.807) is 20.8 Å². The molecule has 1 aromatic carbocycles. The normalized spacial score (nSPS) is 17.3. The van der Waals surface area contributed by atoms with Crippen molar-refractivity contribution in [3.63, 3.8) is 0 Å². The Morgan fingerprint density at radius 2 is 1.38 bits per heavy atom. The fourth-order valence-electron chi connectivity index (χ4n) is 1.78. The van der Waals surface area contributed by atoms with Crippen LogP contribution in [-0.4, -0.2) is 5.71 Å². The van der Waals surface area contributed by atoms with Crippen LogP contribution in [0, 0.1) is 23.3 Å². The van der Waals surface area contributed by atoms with Crippen LogP contribution >= 0.6 is 0 Å². The lowest BCUT2D eigenvalue weighted by molar-refractivity contribution is 0.402. The second kappa shape index (κ2) is 3.06. The van der Waals surface area contributed by atoms with Crippen molar-refractivity contribution >= 4 is 11.4 Å². The zero-order valence-corrected chi connectivity index (χ0v) is 8.96. The molecular formula is C11H9F4N.